The van der Waals surface area contributed by atoms with Crippen LogP contribution in [0.3, 0.4) is 0 Å². The molecule has 0 radical (unpaired) electrons. The monoisotopic (exact) mass is 269 g/mol. The highest BCUT2D eigenvalue weighted by Gasteiger charge is 2.17. The average Bonchev–Trinajstić information content (AvgIpc) is 2.27. The summed E-state index contributed by atoms with van der Waals surface area (Å²) in [6, 6.07) is 9.61. The van der Waals surface area contributed by atoms with E-state index < -0.39 is 16.2 Å². The summed E-state index contributed by atoms with van der Waals surface area (Å²) in [5, 5.41) is 9.53. The van der Waals surface area contributed by atoms with E-state index >= 15 is 0 Å². The largest absolute Gasteiger partial charge is 0.259 e. The molecule has 17 heavy (non-hydrogen) atoms. The van der Waals surface area contributed by atoms with Gasteiger partial charge in [-0.15, -0.1) is 0 Å². The van der Waals surface area contributed by atoms with Gasteiger partial charge in [0, 0.05) is 27.3 Å². The number of nitriles is 1. The Morgan fingerprint density at radius 3 is 2.76 bits per heavy atom. The van der Waals surface area contributed by atoms with Crippen molar-refractivity contribution in [2.45, 2.75) is 26.0 Å². The van der Waals surface area contributed by atoms with Crippen molar-refractivity contribution in [2.75, 3.05) is 5.75 Å². The van der Waals surface area contributed by atoms with E-state index in [2.05, 4.69) is 6.07 Å². The van der Waals surface area contributed by atoms with Crippen LogP contribution in [0, 0.1) is 16.7 Å². The van der Waals surface area contributed by atoms with Crippen LogP contribution in [0.5, 0.6) is 0 Å². The lowest BCUT2D eigenvalue weighted by Gasteiger charge is -2.14. The second kappa shape index (κ2) is 6.18. The van der Waals surface area contributed by atoms with Crippen molar-refractivity contribution in [1.82, 2.24) is 0 Å². The van der Waals surface area contributed by atoms with Crippen molar-refractivity contribution in [2.24, 2.45) is 5.41 Å². The van der Waals surface area contributed by atoms with E-state index in [0.717, 1.165) is 5.56 Å². The van der Waals surface area contributed by atoms with E-state index in [1.165, 1.54) is 0 Å². The Kier molecular flexibility index (Phi) is 5.17. The zero-order valence-electron chi connectivity index (χ0n) is 10.1. The maximum atomic E-state index is 11.8. The van der Waals surface area contributed by atoms with E-state index in [0.29, 0.717) is 22.9 Å². The average molecular weight is 270 g/mol. The molecule has 1 rings (SSSR count). The first kappa shape index (κ1) is 14.2. The van der Waals surface area contributed by atoms with Gasteiger partial charge in [-0.25, -0.2) is 0 Å². The van der Waals surface area contributed by atoms with Gasteiger partial charge >= 0.3 is 0 Å². The minimum absolute atomic E-state index is 0.399. The van der Waals surface area contributed by atoms with Gasteiger partial charge < -0.3 is 0 Å². The molecule has 0 N–H and O–H groups in total. The number of rotatable bonds is 5. The summed E-state index contributed by atoms with van der Waals surface area (Å²) in [5.74, 6) is 1.05. The third-order valence-corrected chi connectivity index (χ3v) is 4.02. The van der Waals surface area contributed by atoms with Gasteiger partial charge in [-0.3, -0.25) is 4.21 Å². The third kappa shape index (κ3) is 5.34. The Bertz CT molecular complexity index is 451. The van der Waals surface area contributed by atoms with Crippen LogP contribution in [0.4, 0.5) is 0 Å². The molecule has 2 nitrogen and oxygen atoms in total. The fourth-order valence-electron chi connectivity index (χ4n) is 1.31. The molecule has 0 unspecified atom stereocenters. The zero-order chi connectivity index (χ0) is 12.9. The van der Waals surface area contributed by atoms with Crippen LogP contribution in [-0.2, 0) is 16.6 Å². The molecule has 0 aliphatic rings. The molecule has 0 heterocycles. The number of hydrogen-bond donors (Lipinski definition) is 0. The Balaban J connectivity index is 2.49. The van der Waals surface area contributed by atoms with Crippen LogP contribution in [0.25, 0.3) is 0 Å². The highest BCUT2D eigenvalue weighted by molar-refractivity contribution is 7.84. The van der Waals surface area contributed by atoms with Gasteiger partial charge in [0.2, 0.25) is 0 Å². The first-order valence-electron chi connectivity index (χ1n) is 5.44. The smallest absolute Gasteiger partial charge is 0.0684 e. The lowest BCUT2D eigenvalue weighted by molar-refractivity contribution is 0.479. The van der Waals surface area contributed by atoms with Crippen molar-refractivity contribution >= 4 is 22.4 Å². The van der Waals surface area contributed by atoms with Crippen molar-refractivity contribution in [3.8, 4) is 6.07 Å². The highest BCUT2D eigenvalue weighted by Crippen LogP contribution is 2.20. The normalized spacial score (nSPS) is 13.1. The first-order chi connectivity index (χ1) is 7.93. The molecular formula is C13H16ClNOS. The maximum Gasteiger partial charge on any atom is 0.0684 e. The molecule has 92 valence electrons. The topological polar surface area (TPSA) is 40.9 Å². The summed E-state index contributed by atoms with van der Waals surface area (Å²) in [4.78, 5) is 0. The van der Waals surface area contributed by atoms with Crippen molar-refractivity contribution in [3.05, 3.63) is 34.9 Å². The van der Waals surface area contributed by atoms with Gasteiger partial charge in [-0.05, 0) is 38.0 Å². The van der Waals surface area contributed by atoms with E-state index in [-0.39, 0.29) is 0 Å². The summed E-state index contributed by atoms with van der Waals surface area (Å²) in [5.41, 5.74) is 0.579. The van der Waals surface area contributed by atoms with Crippen LogP contribution >= 0.6 is 11.6 Å². The standard InChI is InChI=1S/C13H16ClNOS/c1-13(2,10-15)6-7-17(16)9-11-4-3-5-12(14)8-11/h3-5,8H,6-7,9H2,1-2H3/t17-/m1/s1. The van der Waals surface area contributed by atoms with E-state index in [1.54, 1.807) is 6.07 Å². The Labute approximate surface area is 110 Å². The second-order valence-electron chi connectivity index (χ2n) is 4.66. The number of nitrogens with zero attached hydrogens (tertiary/aromatic N) is 1. The van der Waals surface area contributed by atoms with Crippen LogP contribution in [-0.4, -0.2) is 9.96 Å². The van der Waals surface area contributed by atoms with Crippen LogP contribution in [0.1, 0.15) is 25.8 Å². The summed E-state index contributed by atoms with van der Waals surface area (Å²) in [6.07, 6.45) is 0.649. The third-order valence-electron chi connectivity index (χ3n) is 2.47. The molecule has 0 saturated heterocycles. The predicted octanol–water partition coefficient (Wildman–Crippen LogP) is 3.53. The summed E-state index contributed by atoms with van der Waals surface area (Å²) in [6.45, 7) is 3.73. The molecule has 1 atom stereocenters. The Morgan fingerprint density at radius 1 is 1.47 bits per heavy atom. The Morgan fingerprint density at radius 2 is 2.18 bits per heavy atom. The molecule has 0 aliphatic carbocycles. The van der Waals surface area contributed by atoms with Crippen LogP contribution < -0.4 is 0 Å². The van der Waals surface area contributed by atoms with Crippen LogP contribution in [0.2, 0.25) is 5.02 Å². The Hall–Kier alpha value is -0.850. The molecule has 0 spiro atoms. The molecule has 0 saturated carbocycles. The van der Waals surface area contributed by atoms with E-state index in [1.807, 2.05) is 32.0 Å². The summed E-state index contributed by atoms with van der Waals surface area (Å²) >= 11 is 5.86. The fourth-order valence-corrected chi connectivity index (χ4v) is 2.96. The molecule has 0 aliphatic heterocycles. The van der Waals surface area contributed by atoms with Crippen molar-refractivity contribution < 1.29 is 4.21 Å². The van der Waals surface area contributed by atoms with Crippen LogP contribution in [0.15, 0.2) is 24.3 Å². The number of halogens is 1. The lowest BCUT2D eigenvalue weighted by Crippen LogP contribution is -2.13. The molecule has 1 aromatic rings. The van der Waals surface area contributed by atoms with Gasteiger partial charge in [0.15, 0.2) is 0 Å². The molecule has 0 bridgehead atoms. The minimum atomic E-state index is -0.937. The zero-order valence-corrected chi connectivity index (χ0v) is 11.6. The SMILES string of the molecule is CC(C)(C#N)CC[S@@](=O)Cc1cccc(Cl)c1. The van der Waals surface area contributed by atoms with Gasteiger partial charge in [-0.1, -0.05) is 23.7 Å². The van der Waals surface area contributed by atoms with Gasteiger partial charge in [0.25, 0.3) is 0 Å². The number of benzene rings is 1. The minimum Gasteiger partial charge on any atom is -0.259 e. The van der Waals surface area contributed by atoms with E-state index in [4.69, 9.17) is 16.9 Å². The molecule has 0 aromatic heterocycles. The van der Waals surface area contributed by atoms with Gasteiger partial charge in [-0.2, -0.15) is 5.26 Å². The lowest BCUT2D eigenvalue weighted by atomic mass is 9.93. The van der Waals surface area contributed by atoms with Crippen molar-refractivity contribution in [3.63, 3.8) is 0 Å². The quantitative estimate of drug-likeness (QED) is 0.820. The van der Waals surface area contributed by atoms with Gasteiger partial charge in [0.05, 0.1) is 11.5 Å². The fraction of sp³-hybridized carbons (Fsp3) is 0.462. The molecule has 4 heteroatoms. The van der Waals surface area contributed by atoms with Gasteiger partial charge in [0.1, 0.15) is 0 Å². The summed E-state index contributed by atoms with van der Waals surface area (Å²) in [7, 11) is -0.937. The highest BCUT2D eigenvalue weighted by atomic mass is 35.5. The number of hydrogen-bond acceptors (Lipinski definition) is 2. The molecule has 0 amide bonds. The van der Waals surface area contributed by atoms with Crippen molar-refractivity contribution in [1.29, 1.82) is 5.26 Å². The molecule has 1 aromatic carbocycles. The first-order valence-corrected chi connectivity index (χ1v) is 7.30. The second-order valence-corrected chi connectivity index (χ2v) is 6.68. The maximum absolute atomic E-state index is 11.8. The van der Waals surface area contributed by atoms with E-state index in [9.17, 15) is 4.21 Å². The molecular weight excluding hydrogens is 254 g/mol. The predicted molar refractivity (Wildman–Crippen MR) is 72.2 cm³/mol. The summed E-state index contributed by atoms with van der Waals surface area (Å²) < 4.78 is 11.8. The molecule has 0 fully saturated rings.